The van der Waals surface area contributed by atoms with Gasteiger partial charge in [-0.3, -0.25) is 0 Å². The first kappa shape index (κ1) is 19.2. The summed E-state index contributed by atoms with van der Waals surface area (Å²) in [7, 11) is 0. The SMILES string of the molecule is CC(C)c1cccc(Nc2ncc(C(F)(F)F)c(Sc3ccccc3)n2)c1. The maximum Gasteiger partial charge on any atom is 0.420 e. The lowest BCUT2D eigenvalue weighted by atomic mass is 10.0. The molecule has 1 heterocycles. The van der Waals surface area contributed by atoms with Crippen molar-refractivity contribution in [2.45, 2.75) is 35.9 Å². The molecule has 0 amide bonds. The predicted molar refractivity (Wildman–Crippen MR) is 101 cm³/mol. The third-order valence-corrected chi connectivity index (χ3v) is 4.84. The molecule has 140 valence electrons. The molecule has 27 heavy (non-hydrogen) atoms. The fraction of sp³-hybridized carbons (Fsp3) is 0.200. The van der Waals surface area contributed by atoms with Crippen molar-refractivity contribution in [2.75, 3.05) is 5.32 Å². The maximum absolute atomic E-state index is 13.3. The van der Waals surface area contributed by atoms with Crippen molar-refractivity contribution in [1.82, 2.24) is 9.97 Å². The molecule has 0 aliphatic heterocycles. The van der Waals surface area contributed by atoms with Gasteiger partial charge >= 0.3 is 6.18 Å². The summed E-state index contributed by atoms with van der Waals surface area (Å²) < 4.78 is 40.0. The van der Waals surface area contributed by atoms with Gasteiger partial charge in [-0.15, -0.1) is 0 Å². The van der Waals surface area contributed by atoms with Gasteiger partial charge in [-0.1, -0.05) is 55.9 Å². The van der Waals surface area contributed by atoms with Gasteiger partial charge in [0.15, 0.2) is 0 Å². The van der Waals surface area contributed by atoms with Gasteiger partial charge in [0.1, 0.15) is 10.6 Å². The number of nitrogens with one attached hydrogen (secondary N) is 1. The summed E-state index contributed by atoms with van der Waals surface area (Å²) in [5.74, 6) is 0.465. The zero-order chi connectivity index (χ0) is 19.4. The highest BCUT2D eigenvalue weighted by Gasteiger charge is 2.35. The van der Waals surface area contributed by atoms with E-state index < -0.39 is 11.7 Å². The summed E-state index contributed by atoms with van der Waals surface area (Å²) in [6, 6.07) is 16.5. The van der Waals surface area contributed by atoms with Crippen molar-refractivity contribution in [1.29, 1.82) is 0 Å². The van der Waals surface area contributed by atoms with Crippen LogP contribution in [0.3, 0.4) is 0 Å². The molecule has 0 atom stereocenters. The molecule has 0 aliphatic rings. The molecule has 3 rings (SSSR count). The Hall–Kier alpha value is -2.54. The Morgan fingerprint density at radius 3 is 2.41 bits per heavy atom. The summed E-state index contributed by atoms with van der Waals surface area (Å²) in [4.78, 5) is 8.66. The number of anilines is 2. The fourth-order valence-corrected chi connectivity index (χ4v) is 3.33. The van der Waals surface area contributed by atoms with Gasteiger partial charge in [-0.25, -0.2) is 9.97 Å². The zero-order valence-electron chi connectivity index (χ0n) is 14.8. The molecule has 0 aliphatic carbocycles. The largest absolute Gasteiger partial charge is 0.420 e. The normalized spacial score (nSPS) is 11.6. The van der Waals surface area contributed by atoms with E-state index in [9.17, 15) is 13.2 Å². The van der Waals surface area contributed by atoms with Crippen molar-refractivity contribution in [3.05, 3.63) is 71.9 Å². The molecule has 0 radical (unpaired) electrons. The van der Waals surface area contributed by atoms with E-state index in [1.165, 1.54) is 0 Å². The monoisotopic (exact) mass is 389 g/mol. The quantitative estimate of drug-likeness (QED) is 0.505. The number of hydrogen-bond acceptors (Lipinski definition) is 4. The van der Waals surface area contributed by atoms with Crippen LogP contribution in [0.4, 0.5) is 24.8 Å². The molecular formula is C20H18F3N3S. The van der Waals surface area contributed by atoms with Gasteiger partial charge in [-0.05, 0) is 35.7 Å². The van der Waals surface area contributed by atoms with E-state index in [0.717, 1.165) is 29.2 Å². The average Bonchev–Trinajstić information content (AvgIpc) is 2.62. The summed E-state index contributed by atoms with van der Waals surface area (Å²) in [6.45, 7) is 4.14. The second-order valence-corrected chi connectivity index (χ2v) is 7.29. The van der Waals surface area contributed by atoms with Crippen molar-refractivity contribution < 1.29 is 13.2 Å². The van der Waals surface area contributed by atoms with Crippen LogP contribution in [0.15, 0.2) is 70.7 Å². The van der Waals surface area contributed by atoms with E-state index >= 15 is 0 Å². The molecule has 0 fully saturated rings. The number of benzene rings is 2. The van der Waals surface area contributed by atoms with E-state index in [-0.39, 0.29) is 11.0 Å². The van der Waals surface area contributed by atoms with Crippen LogP contribution in [0.5, 0.6) is 0 Å². The molecular weight excluding hydrogens is 371 g/mol. The standard InChI is InChI=1S/C20H18F3N3S/c1-13(2)14-7-6-8-15(11-14)25-19-24-12-17(20(21,22)23)18(26-19)27-16-9-4-3-5-10-16/h3-13H,1-2H3,(H,24,25,26). The number of halogens is 3. The van der Waals surface area contributed by atoms with E-state index in [2.05, 4.69) is 29.1 Å². The van der Waals surface area contributed by atoms with Gasteiger partial charge in [0.25, 0.3) is 0 Å². The lowest BCUT2D eigenvalue weighted by molar-refractivity contribution is -0.140. The first-order valence-electron chi connectivity index (χ1n) is 8.37. The number of hydrogen-bond donors (Lipinski definition) is 1. The highest BCUT2D eigenvalue weighted by Crippen LogP contribution is 2.38. The fourth-order valence-electron chi connectivity index (χ4n) is 2.40. The number of alkyl halides is 3. The maximum atomic E-state index is 13.3. The van der Waals surface area contributed by atoms with Gasteiger partial charge in [0, 0.05) is 16.8 Å². The van der Waals surface area contributed by atoms with Gasteiger partial charge < -0.3 is 5.32 Å². The minimum atomic E-state index is -4.52. The molecule has 0 saturated heterocycles. The van der Waals surface area contributed by atoms with Gasteiger partial charge in [0.05, 0.1) is 0 Å². The summed E-state index contributed by atoms with van der Waals surface area (Å²) in [6.07, 6.45) is -3.69. The molecule has 0 saturated carbocycles. The Balaban J connectivity index is 1.93. The van der Waals surface area contributed by atoms with E-state index in [1.807, 2.05) is 30.3 Å². The summed E-state index contributed by atoms with van der Waals surface area (Å²) in [5.41, 5.74) is 1.00. The zero-order valence-corrected chi connectivity index (χ0v) is 15.6. The van der Waals surface area contributed by atoms with Crippen LogP contribution < -0.4 is 5.32 Å². The second-order valence-electron chi connectivity index (χ2n) is 6.23. The Bertz CT molecular complexity index is 912. The van der Waals surface area contributed by atoms with Crippen LogP contribution in [-0.4, -0.2) is 9.97 Å². The van der Waals surface area contributed by atoms with E-state index in [4.69, 9.17) is 0 Å². The first-order valence-corrected chi connectivity index (χ1v) is 9.18. The third-order valence-electron chi connectivity index (χ3n) is 3.83. The van der Waals surface area contributed by atoms with Crippen LogP contribution in [-0.2, 0) is 6.18 Å². The summed E-state index contributed by atoms with van der Waals surface area (Å²) in [5, 5.41) is 2.87. The Labute approximate surface area is 160 Å². The molecule has 0 bridgehead atoms. The predicted octanol–water partition coefficient (Wildman–Crippen LogP) is 6.51. The molecule has 3 nitrogen and oxygen atoms in total. The molecule has 0 spiro atoms. The number of aromatic nitrogens is 2. The van der Waals surface area contributed by atoms with Crippen LogP contribution in [0.2, 0.25) is 0 Å². The molecule has 0 unspecified atom stereocenters. The van der Waals surface area contributed by atoms with Crippen LogP contribution in [0, 0.1) is 0 Å². The Morgan fingerprint density at radius 1 is 1.00 bits per heavy atom. The molecule has 7 heteroatoms. The van der Waals surface area contributed by atoms with Crippen molar-refractivity contribution in [2.24, 2.45) is 0 Å². The highest BCUT2D eigenvalue weighted by molar-refractivity contribution is 7.99. The van der Waals surface area contributed by atoms with E-state index in [1.54, 1.807) is 24.3 Å². The Kier molecular flexibility index (Phi) is 5.70. The van der Waals surface area contributed by atoms with E-state index in [0.29, 0.717) is 10.8 Å². The molecule has 3 aromatic rings. The van der Waals surface area contributed by atoms with Gasteiger partial charge in [-0.2, -0.15) is 13.2 Å². The topological polar surface area (TPSA) is 37.8 Å². The minimum absolute atomic E-state index is 0.127. The average molecular weight is 389 g/mol. The number of nitrogens with zero attached hydrogens (tertiary/aromatic N) is 2. The second kappa shape index (κ2) is 8.00. The third kappa shape index (κ3) is 5.01. The van der Waals surface area contributed by atoms with Gasteiger partial charge in [0.2, 0.25) is 5.95 Å². The van der Waals surface area contributed by atoms with Crippen molar-refractivity contribution >= 4 is 23.4 Å². The van der Waals surface area contributed by atoms with Crippen LogP contribution >= 0.6 is 11.8 Å². The van der Waals surface area contributed by atoms with Crippen molar-refractivity contribution in [3.63, 3.8) is 0 Å². The summed E-state index contributed by atoms with van der Waals surface area (Å²) >= 11 is 0.963. The van der Waals surface area contributed by atoms with Crippen LogP contribution in [0.1, 0.15) is 30.9 Å². The number of rotatable bonds is 5. The smallest absolute Gasteiger partial charge is 0.324 e. The molecule has 1 N–H and O–H groups in total. The van der Waals surface area contributed by atoms with Crippen molar-refractivity contribution in [3.8, 4) is 0 Å². The lowest BCUT2D eigenvalue weighted by Crippen LogP contribution is -2.10. The highest BCUT2D eigenvalue weighted by atomic mass is 32.2. The lowest BCUT2D eigenvalue weighted by Gasteiger charge is -2.14. The Morgan fingerprint density at radius 2 is 1.74 bits per heavy atom. The molecule has 2 aromatic carbocycles. The minimum Gasteiger partial charge on any atom is -0.324 e. The first-order chi connectivity index (χ1) is 12.8. The molecule has 1 aromatic heterocycles. The van der Waals surface area contributed by atoms with Crippen LogP contribution in [0.25, 0.3) is 0 Å².